The van der Waals surface area contributed by atoms with Crippen molar-refractivity contribution in [3.8, 4) is 0 Å². The summed E-state index contributed by atoms with van der Waals surface area (Å²) >= 11 is 0. The minimum absolute atomic E-state index is 0.426. The van der Waals surface area contributed by atoms with Crippen molar-refractivity contribution in [2.45, 2.75) is 13.3 Å². The number of hydrogen-bond acceptors (Lipinski definition) is 1. The summed E-state index contributed by atoms with van der Waals surface area (Å²) in [7, 11) is 0. The molecule has 0 aliphatic carbocycles. The lowest BCUT2D eigenvalue weighted by Gasteiger charge is -1.91. The van der Waals surface area contributed by atoms with Crippen LogP contribution >= 0.6 is 0 Å². The van der Waals surface area contributed by atoms with Crippen LogP contribution in [0.25, 0.3) is 0 Å². The number of rotatable bonds is 4. The Hall–Kier alpha value is -1.31. The van der Waals surface area contributed by atoms with Gasteiger partial charge < -0.3 is 5.73 Å². The van der Waals surface area contributed by atoms with Gasteiger partial charge in [-0.2, -0.15) is 0 Å². The molecular weight excluding hydrogens is 138 g/mol. The molecule has 11 heavy (non-hydrogen) atoms. The van der Waals surface area contributed by atoms with Crippen LogP contribution in [0.3, 0.4) is 0 Å². The van der Waals surface area contributed by atoms with Gasteiger partial charge in [-0.1, -0.05) is 30.9 Å². The van der Waals surface area contributed by atoms with E-state index in [1.54, 1.807) is 6.08 Å². The molecular formula is C9H13NO. The molecule has 0 aliphatic rings. The smallest absolute Gasteiger partial charge is 0.248 e. The van der Waals surface area contributed by atoms with E-state index in [0.717, 1.165) is 6.42 Å². The Morgan fingerprint density at radius 3 is 2.64 bits per heavy atom. The molecule has 0 bridgehead atoms. The summed E-state index contributed by atoms with van der Waals surface area (Å²) in [4.78, 5) is 10.6. The number of nitrogens with two attached hydrogens (primary N) is 1. The third-order valence-electron chi connectivity index (χ3n) is 1.21. The van der Waals surface area contributed by atoms with Crippen molar-refractivity contribution < 1.29 is 4.79 Å². The molecule has 0 unspecified atom stereocenters. The third kappa shape index (κ3) is 4.14. The van der Waals surface area contributed by atoms with Crippen LogP contribution in [0.1, 0.15) is 13.3 Å². The summed E-state index contributed by atoms with van der Waals surface area (Å²) < 4.78 is 0. The molecule has 0 radical (unpaired) electrons. The zero-order valence-corrected chi connectivity index (χ0v) is 6.71. The normalized spacial score (nSPS) is 11.9. The van der Waals surface area contributed by atoms with Crippen molar-refractivity contribution in [3.05, 3.63) is 36.5 Å². The maximum atomic E-state index is 10.6. The van der Waals surface area contributed by atoms with Gasteiger partial charge in [0.2, 0.25) is 5.91 Å². The van der Waals surface area contributed by atoms with Crippen molar-refractivity contribution in [2.24, 2.45) is 5.73 Å². The molecule has 0 aromatic heterocycles. The first-order valence-corrected chi connectivity index (χ1v) is 3.46. The van der Waals surface area contributed by atoms with Gasteiger partial charge in [0.1, 0.15) is 0 Å². The van der Waals surface area contributed by atoms with Gasteiger partial charge >= 0.3 is 0 Å². The van der Waals surface area contributed by atoms with Gasteiger partial charge in [0.05, 0.1) is 0 Å². The molecule has 0 spiro atoms. The first-order valence-electron chi connectivity index (χ1n) is 3.46. The molecule has 2 nitrogen and oxygen atoms in total. The maximum absolute atomic E-state index is 10.6. The standard InChI is InChI=1S/C9H13NO/c1-3-5-6-7-8(4-2)9(10)11/h3-5,7H,2,6H2,1H3,(H2,10,11)/b5-3-,8-7?. The Labute approximate surface area is 67.1 Å². The molecule has 0 heterocycles. The second-order valence-electron chi connectivity index (χ2n) is 2.03. The molecule has 0 rings (SSSR count). The monoisotopic (exact) mass is 151 g/mol. The molecule has 1 amide bonds. The van der Waals surface area contributed by atoms with Crippen LogP contribution in [-0.4, -0.2) is 5.91 Å². The highest BCUT2D eigenvalue weighted by Gasteiger charge is 1.95. The van der Waals surface area contributed by atoms with Gasteiger partial charge in [-0.15, -0.1) is 0 Å². The molecule has 0 aromatic carbocycles. The van der Waals surface area contributed by atoms with Crippen LogP contribution in [0.15, 0.2) is 36.5 Å². The molecule has 0 fully saturated rings. The van der Waals surface area contributed by atoms with E-state index in [2.05, 4.69) is 6.58 Å². The second kappa shape index (κ2) is 5.47. The lowest BCUT2D eigenvalue weighted by molar-refractivity contribution is -0.114. The average Bonchev–Trinajstić information content (AvgIpc) is 1.97. The fraction of sp³-hybridized carbons (Fsp3) is 0.222. The quantitative estimate of drug-likeness (QED) is 0.370. The third-order valence-corrected chi connectivity index (χ3v) is 1.21. The van der Waals surface area contributed by atoms with Gasteiger partial charge in [-0.05, 0) is 13.3 Å². The van der Waals surface area contributed by atoms with Crippen LogP contribution in [0.5, 0.6) is 0 Å². The number of primary amides is 1. The summed E-state index contributed by atoms with van der Waals surface area (Å²) in [6.07, 6.45) is 7.78. The van der Waals surface area contributed by atoms with Crippen molar-refractivity contribution in [2.75, 3.05) is 0 Å². The highest BCUT2D eigenvalue weighted by atomic mass is 16.1. The topological polar surface area (TPSA) is 43.1 Å². The summed E-state index contributed by atoms with van der Waals surface area (Å²) in [6.45, 7) is 5.39. The van der Waals surface area contributed by atoms with E-state index >= 15 is 0 Å². The molecule has 0 aromatic rings. The molecule has 0 saturated heterocycles. The average molecular weight is 151 g/mol. The first-order chi connectivity index (χ1) is 5.22. The van der Waals surface area contributed by atoms with E-state index in [1.807, 2.05) is 19.1 Å². The summed E-state index contributed by atoms with van der Waals surface area (Å²) in [6, 6.07) is 0. The van der Waals surface area contributed by atoms with E-state index < -0.39 is 5.91 Å². The molecule has 2 N–H and O–H groups in total. The van der Waals surface area contributed by atoms with Crippen LogP contribution in [0.2, 0.25) is 0 Å². The predicted octanol–water partition coefficient (Wildman–Crippen LogP) is 1.55. The van der Waals surface area contributed by atoms with Gasteiger partial charge in [-0.3, -0.25) is 4.79 Å². The molecule has 2 heteroatoms. The zero-order chi connectivity index (χ0) is 8.69. The second-order valence-corrected chi connectivity index (χ2v) is 2.03. The minimum atomic E-state index is -0.426. The van der Waals surface area contributed by atoms with Crippen LogP contribution < -0.4 is 5.73 Å². The van der Waals surface area contributed by atoms with Gasteiger partial charge in [0, 0.05) is 5.57 Å². The minimum Gasteiger partial charge on any atom is -0.366 e. The van der Waals surface area contributed by atoms with Crippen LogP contribution in [0, 0.1) is 0 Å². The highest BCUT2D eigenvalue weighted by Crippen LogP contribution is 1.97. The van der Waals surface area contributed by atoms with Crippen molar-refractivity contribution in [3.63, 3.8) is 0 Å². The van der Waals surface area contributed by atoms with E-state index in [-0.39, 0.29) is 0 Å². The van der Waals surface area contributed by atoms with E-state index in [9.17, 15) is 4.79 Å². The van der Waals surface area contributed by atoms with Crippen molar-refractivity contribution >= 4 is 5.91 Å². The van der Waals surface area contributed by atoms with Crippen molar-refractivity contribution in [1.29, 1.82) is 0 Å². The van der Waals surface area contributed by atoms with E-state index in [4.69, 9.17) is 5.73 Å². The maximum Gasteiger partial charge on any atom is 0.248 e. The number of allylic oxidation sites excluding steroid dienone is 3. The predicted molar refractivity (Wildman–Crippen MR) is 46.9 cm³/mol. The molecule has 0 saturated carbocycles. The Balaban J connectivity index is 4.12. The highest BCUT2D eigenvalue weighted by molar-refractivity contribution is 5.94. The van der Waals surface area contributed by atoms with E-state index in [0.29, 0.717) is 5.57 Å². The first kappa shape index (κ1) is 9.69. The lowest BCUT2D eigenvalue weighted by Crippen LogP contribution is -2.11. The lowest BCUT2D eigenvalue weighted by atomic mass is 10.2. The van der Waals surface area contributed by atoms with Crippen LogP contribution in [0.4, 0.5) is 0 Å². The molecule has 0 atom stereocenters. The number of carbonyl (C=O) groups is 1. The van der Waals surface area contributed by atoms with Gasteiger partial charge in [0.25, 0.3) is 0 Å². The van der Waals surface area contributed by atoms with Gasteiger partial charge in [0.15, 0.2) is 0 Å². The largest absolute Gasteiger partial charge is 0.366 e. The number of amides is 1. The molecule has 0 aliphatic heterocycles. The van der Waals surface area contributed by atoms with E-state index in [1.165, 1.54) is 6.08 Å². The Bertz CT molecular complexity index is 202. The number of carbonyl (C=O) groups excluding carboxylic acids is 1. The Morgan fingerprint density at radius 1 is 1.64 bits per heavy atom. The summed E-state index contributed by atoms with van der Waals surface area (Å²) in [5.74, 6) is -0.426. The van der Waals surface area contributed by atoms with Crippen LogP contribution in [-0.2, 0) is 4.79 Å². The van der Waals surface area contributed by atoms with Gasteiger partial charge in [-0.25, -0.2) is 0 Å². The zero-order valence-electron chi connectivity index (χ0n) is 6.71. The SMILES string of the molecule is C=CC(=CC/C=C\C)C(N)=O. The fourth-order valence-corrected chi connectivity index (χ4v) is 0.616. The Morgan fingerprint density at radius 2 is 2.27 bits per heavy atom. The van der Waals surface area contributed by atoms with Crippen molar-refractivity contribution in [1.82, 2.24) is 0 Å². The summed E-state index contributed by atoms with van der Waals surface area (Å²) in [5, 5.41) is 0. The fourth-order valence-electron chi connectivity index (χ4n) is 0.616. The molecule has 60 valence electrons. The Kier molecular flexibility index (Phi) is 4.82. The summed E-state index contributed by atoms with van der Waals surface area (Å²) in [5.41, 5.74) is 5.50. The number of hydrogen-bond donors (Lipinski definition) is 1.